The summed E-state index contributed by atoms with van der Waals surface area (Å²) in [5, 5.41) is 6.62. The number of hydrogen-bond donors (Lipinski definition) is 2. The minimum Gasteiger partial charge on any atom is -0.368 e. The molecule has 7 heteroatoms. The monoisotopic (exact) mass is 234 g/mol. The second kappa shape index (κ2) is 5.24. The van der Waals surface area contributed by atoms with E-state index >= 15 is 0 Å². The average Bonchev–Trinajstić information content (AvgIpc) is 2.79. The molecule has 0 bridgehead atoms. The van der Waals surface area contributed by atoms with Gasteiger partial charge in [0.05, 0.1) is 12.7 Å². The third-order valence-corrected chi connectivity index (χ3v) is 2.08. The van der Waals surface area contributed by atoms with Gasteiger partial charge in [0.15, 0.2) is 5.76 Å². The molecule has 2 aromatic heterocycles. The van der Waals surface area contributed by atoms with Gasteiger partial charge < -0.3 is 15.6 Å². The lowest BCUT2D eigenvalue weighted by molar-refractivity contribution is 0.387. The number of rotatable bonds is 5. The van der Waals surface area contributed by atoms with Crippen LogP contribution in [0.2, 0.25) is 0 Å². The lowest BCUT2D eigenvalue weighted by Crippen LogP contribution is -2.09. The molecule has 7 nitrogen and oxygen atoms in total. The van der Waals surface area contributed by atoms with Crippen molar-refractivity contribution in [3.63, 3.8) is 0 Å². The predicted molar refractivity (Wildman–Crippen MR) is 62.1 cm³/mol. The van der Waals surface area contributed by atoms with Gasteiger partial charge in [-0.25, -0.2) is 0 Å². The van der Waals surface area contributed by atoms with Crippen LogP contribution in [0.1, 0.15) is 24.9 Å². The minimum absolute atomic E-state index is 0.225. The number of nitrogen functional groups attached to an aromatic ring is 1. The van der Waals surface area contributed by atoms with Crippen LogP contribution in [0, 0.1) is 0 Å². The number of nitrogens with two attached hydrogens (primary N) is 1. The largest absolute Gasteiger partial charge is 0.368 e. The number of aromatic nitrogens is 4. The zero-order valence-electron chi connectivity index (χ0n) is 9.55. The fourth-order valence-corrected chi connectivity index (χ4v) is 1.35. The SMILES string of the molecule is CCCc1nc(N)nc(NCc2ccno2)n1. The van der Waals surface area contributed by atoms with E-state index in [4.69, 9.17) is 10.3 Å². The number of anilines is 2. The second-order valence-electron chi connectivity index (χ2n) is 3.52. The summed E-state index contributed by atoms with van der Waals surface area (Å²) in [6, 6.07) is 1.77. The van der Waals surface area contributed by atoms with Crippen molar-refractivity contribution in [2.24, 2.45) is 0 Å². The molecule has 2 rings (SSSR count). The fourth-order valence-electron chi connectivity index (χ4n) is 1.35. The Morgan fingerprint density at radius 3 is 2.94 bits per heavy atom. The number of nitrogens with zero attached hydrogens (tertiary/aromatic N) is 4. The Morgan fingerprint density at radius 2 is 2.24 bits per heavy atom. The van der Waals surface area contributed by atoms with Gasteiger partial charge in [-0.1, -0.05) is 12.1 Å². The predicted octanol–water partition coefficient (Wildman–Crippen LogP) is 1.01. The van der Waals surface area contributed by atoms with Crippen LogP contribution in [0.3, 0.4) is 0 Å². The maximum absolute atomic E-state index is 5.60. The highest BCUT2D eigenvalue weighted by molar-refractivity contribution is 5.31. The van der Waals surface area contributed by atoms with Crippen molar-refractivity contribution in [2.75, 3.05) is 11.1 Å². The summed E-state index contributed by atoms with van der Waals surface area (Å²) in [5.41, 5.74) is 5.60. The van der Waals surface area contributed by atoms with E-state index in [1.54, 1.807) is 12.3 Å². The molecule has 0 atom stereocenters. The van der Waals surface area contributed by atoms with Gasteiger partial charge in [0.2, 0.25) is 11.9 Å². The Bertz CT molecular complexity index is 470. The Labute approximate surface area is 98.5 Å². The lowest BCUT2D eigenvalue weighted by Gasteiger charge is -2.04. The molecule has 90 valence electrons. The zero-order chi connectivity index (χ0) is 12.1. The lowest BCUT2D eigenvalue weighted by atomic mass is 10.3. The van der Waals surface area contributed by atoms with Crippen molar-refractivity contribution in [3.8, 4) is 0 Å². The third kappa shape index (κ3) is 3.13. The molecule has 2 heterocycles. The maximum Gasteiger partial charge on any atom is 0.228 e. The van der Waals surface area contributed by atoms with Crippen molar-refractivity contribution in [1.82, 2.24) is 20.1 Å². The van der Waals surface area contributed by atoms with Crippen molar-refractivity contribution in [1.29, 1.82) is 0 Å². The molecule has 0 saturated carbocycles. The molecule has 0 unspecified atom stereocenters. The van der Waals surface area contributed by atoms with Gasteiger partial charge in [-0.15, -0.1) is 0 Å². The first-order chi connectivity index (χ1) is 8.28. The Kier molecular flexibility index (Phi) is 3.49. The zero-order valence-corrected chi connectivity index (χ0v) is 9.55. The Morgan fingerprint density at radius 1 is 1.35 bits per heavy atom. The van der Waals surface area contributed by atoms with Gasteiger partial charge >= 0.3 is 0 Å². The molecule has 2 aromatic rings. The summed E-state index contributed by atoms with van der Waals surface area (Å²) in [5.74, 6) is 2.09. The quantitative estimate of drug-likeness (QED) is 0.795. The number of hydrogen-bond acceptors (Lipinski definition) is 7. The van der Waals surface area contributed by atoms with Crippen LogP contribution < -0.4 is 11.1 Å². The van der Waals surface area contributed by atoms with Gasteiger partial charge in [0.25, 0.3) is 0 Å². The minimum atomic E-state index is 0.225. The van der Waals surface area contributed by atoms with Crippen LogP contribution in [-0.2, 0) is 13.0 Å². The van der Waals surface area contributed by atoms with Gasteiger partial charge in [-0.2, -0.15) is 15.0 Å². The molecular weight excluding hydrogens is 220 g/mol. The van der Waals surface area contributed by atoms with E-state index < -0.39 is 0 Å². The topological polar surface area (TPSA) is 103 Å². The fraction of sp³-hybridized carbons (Fsp3) is 0.400. The highest BCUT2D eigenvalue weighted by Gasteiger charge is 2.04. The van der Waals surface area contributed by atoms with Crippen LogP contribution in [-0.4, -0.2) is 20.1 Å². The highest BCUT2D eigenvalue weighted by atomic mass is 16.5. The molecule has 0 amide bonds. The maximum atomic E-state index is 5.60. The van der Waals surface area contributed by atoms with E-state index in [0.717, 1.165) is 12.8 Å². The molecule has 0 aromatic carbocycles. The second-order valence-corrected chi connectivity index (χ2v) is 3.52. The van der Waals surface area contributed by atoms with E-state index in [2.05, 4.69) is 32.3 Å². The van der Waals surface area contributed by atoms with Crippen molar-refractivity contribution in [2.45, 2.75) is 26.3 Å². The molecule has 0 saturated heterocycles. The van der Waals surface area contributed by atoms with Gasteiger partial charge in [-0.05, 0) is 6.42 Å². The number of aryl methyl sites for hydroxylation is 1. The average molecular weight is 234 g/mol. The first-order valence-electron chi connectivity index (χ1n) is 5.41. The van der Waals surface area contributed by atoms with Crippen molar-refractivity contribution in [3.05, 3.63) is 23.8 Å². The van der Waals surface area contributed by atoms with Crippen molar-refractivity contribution < 1.29 is 4.52 Å². The summed E-state index contributed by atoms with van der Waals surface area (Å²) in [6.45, 7) is 2.52. The first kappa shape index (κ1) is 11.3. The van der Waals surface area contributed by atoms with E-state index in [1.807, 2.05) is 0 Å². The van der Waals surface area contributed by atoms with Gasteiger partial charge in [0.1, 0.15) is 5.82 Å². The normalized spacial score (nSPS) is 10.4. The molecule has 0 radical (unpaired) electrons. The summed E-state index contributed by atoms with van der Waals surface area (Å²) in [4.78, 5) is 12.3. The first-order valence-corrected chi connectivity index (χ1v) is 5.41. The van der Waals surface area contributed by atoms with Crippen LogP contribution in [0.5, 0.6) is 0 Å². The summed E-state index contributed by atoms with van der Waals surface area (Å²) >= 11 is 0. The molecule has 17 heavy (non-hydrogen) atoms. The van der Waals surface area contributed by atoms with Gasteiger partial charge in [0, 0.05) is 12.5 Å². The van der Waals surface area contributed by atoms with E-state index in [-0.39, 0.29) is 5.95 Å². The molecule has 0 aliphatic rings. The molecule has 0 spiro atoms. The standard InChI is InChI=1S/C10H14N6O/c1-2-3-8-14-9(11)16-10(15-8)12-6-7-4-5-13-17-7/h4-5H,2-3,6H2,1H3,(H3,11,12,14,15,16). The molecule has 0 aliphatic carbocycles. The van der Waals surface area contributed by atoms with Gasteiger partial charge in [-0.3, -0.25) is 0 Å². The van der Waals surface area contributed by atoms with Crippen LogP contribution in [0.15, 0.2) is 16.8 Å². The molecular formula is C10H14N6O. The smallest absolute Gasteiger partial charge is 0.228 e. The molecule has 0 fully saturated rings. The summed E-state index contributed by atoms with van der Waals surface area (Å²) < 4.78 is 4.95. The summed E-state index contributed by atoms with van der Waals surface area (Å²) in [7, 11) is 0. The third-order valence-electron chi connectivity index (χ3n) is 2.08. The van der Waals surface area contributed by atoms with Crippen LogP contribution in [0.4, 0.5) is 11.9 Å². The van der Waals surface area contributed by atoms with Crippen LogP contribution >= 0.6 is 0 Å². The van der Waals surface area contributed by atoms with E-state index in [1.165, 1.54) is 0 Å². The Balaban J connectivity index is 2.04. The van der Waals surface area contributed by atoms with E-state index in [9.17, 15) is 0 Å². The highest BCUT2D eigenvalue weighted by Crippen LogP contribution is 2.06. The van der Waals surface area contributed by atoms with Crippen molar-refractivity contribution >= 4 is 11.9 Å². The Hall–Kier alpha value is -2.18. The molecule has 0 aliphatic heterocycles. The number of nitrogens with one attached hydrogen (secondary N) is 1. The van der Waals surface area contributed by atoms with E-state index in [0.29, 0.717) is 24.1 Å². The molecule has 3 N–H and O–H groups in total. The van der Waals surface area contributed by atoms with Crippen LogP contribution in [0.25, 0.3) is 0 Å². The summed E-state index contributed by atoms with van der Waals surface area (Å²) in [6.07, 6.45) is 3.33.